The Morgan fingerprint density at radius 2 is 2.10 bits per heavy atom. The molecule has 2 heterocycles. The lowest BCUT2D eigenvalue weighted by atomic mass is 10.1. The largest absolute Gasteiger partial charge is 0.311 e. The van der Waals surface area contributed by atoms with E-state index in [1.807, 2.05) is 13.8 Å². The van der Waals surface area contributed by atoms with E-state index in [0.717, 1.165) is 11.7 Å². The van der Waals surface area contributed by atoms with Gasteiger partial charge in [-0.15, -0.1) is 12.4 Å². The van der Waals surface area contributed by atoms with Gasteiger partial charge in [-0.2, -0.15) is 13.1 Å². The molecule has 2 unspecified atom stereocenters. The van der Waals surface area contributed by atoms with E-state index in [2.05, 4.69) is 14.1 Å². The van der Waals surface area contributed by atoms with Gasteiger partial charge in [0.1, 0.15) is 15.9 Å². The Labute approximate surface area is 134 Å². The van der Waals surface area contributed by atoms with Gasteiger partial charge in [-0.3, -0.25) is 0 Å². The SMILES string of the molecule is CC1NCCN(S(=O)(=O)c2cccc3nsnc23)C1C.Cl. The summed E-state index contributed by atoms with van der Waals surface area (Å²) in [5.41, 5.74) is 1.10. The number of piperazine rings is 1. The maximum Gasteiger partial charge on any atom is 0.245 e. The predicted octanol–water partition coefficient (Wildman–Crippen LogP) is 1.48. The fourth-order valence-electron chi connectivity index (χ4n) is 2.48. The second kappa shape index (κ2) is 6.13. The molecular weight excluding hydrogens is 332 g/mol. The van der Waals surface area contributed by atoms with Gasteiger partial charge >= 0.3 is 0 Å². The minimum atomic E-state index is -3.54. The maximum absolute atomic E-state index is 12.9. The normalized spacial score (nSPS) is 23.9. The number of nitrogens with one attached hydrogen (secondary N) is 1. The van der Waals surface area contributed by atoms with E-state index in [-0.39, 0.29) is 29.4 Å². The molecule has 1 aromatic carbocycles. The van der Waals surface area contributed by atoms with Crippen LogP contribution in [0.1, 0.15) is 13.8 Å². The van der Waals surface area contributed by atoms with Crippen molar-refractivity contribution in [1.82, 2.24) is 18.4 Å². The standard InChI is InChI=1S/C12H16N4O2S2.ClH/c1-8-9(2)16(7-6-13-8)20(17,18)11-5-3-4-10-12(11)15-19-14-10;/h3-5,8-9,13H,6-7H2,1-2H3;1H. The molecule has 1 fully saturated rings. The summed E-state index contributed by atoms with van der Waals surface area (Å²) in [4.78, 5) is 0.254. The molecule has 2 aromatic rings. The van der Waals surface area contributed by atoms with Crippen LogP contribution in [0.5, 0.6) is 0 Å². The van der Waals surface area contributed by atoms with E-state index in [0.29, 0.717) is 24.1 Å². The summed E-state index contributed by atoms with van der Waals surface area (Å²) in [6.45, 7) is 5.06. The van der Waals surface area contributed by atoms with Crippen LogP contribution in [-0.2, 0) is 10.0 Å². The van der Waals surface area contributed by atoms with Crippen LogP contribution in [0, 0.1) is 0 Å². The summed E-state index contributed by atoms with van der Waals surface area (Å²) < 4.78 is 35.6. The Bertz CT molecular complexity index is 734. The first-order valence-electron chi connectivity index (χ1n) is 6.48. The molecule has 0 saturated carbocycles. The second-order valence-corrected chi connectivity index (χ2v) is 7.37. The molecular formula is C12H17ClN4O2S2. The van der Waals surface area contributed by atoms with Gasteiger partial charge in [0.05, 0.1) is 11.7 Å². The zero-order valence-electron chi connectivity index (χ0n) is 11.7. The summed E-state index contributed by atoms with van der Waals surface area (Å²) in [5.74, 6) is 0. The Kier molecular flexibility index (Phi) is 4.84. The molecule has 2 atom stereocenters. The monoisotopic (exact) mass is 348 g/mol. The van der Waals surface area contributed by atoms with Crippen molar-refractivity contribution in [2.45, 2.75) is 30.8 Å². The lowest BCUT2D eigenvalue weighted by Gasteiger charge is -2.37. The van der Waals surface area contributed by atoms with Crippen molar-refractivity contribution in [2.75, 3.05) is 13.1 Å². The Morgan fingerprint density at radius 3 is 2.86 bits per heavy atom. The van der Waals surface area contributed by atoms with Gasteiger partial charge in [0.2, 0.25) is 10.0 Å². The van der Waals surface area contributed by atoms with Gasteiger partial charge in [-0.1, -0.05) is 6.07 Å². The van der Waals surface area contributed by atoms with E-state index in [4.69, 9.17) is 0 Å². The van der Waals surface area contributed by atoms with E-state index < -0.39 is 10.0 Å². The minimum Gasteiger partial charge on any atom is -0.311 e. The van der Waals surface area contributed by atoms with E-state index in [1.54, 1.807) is 22.5 Å². The van der Waals surface area contributed by atoms with Crippen molar-refractivity contribution in [3.05, 3.63) is 18.2 Å². The molecule has 3 rings (SSSR count). The lowest BCUT2D eigenvalue weighted by molar-refractivity contribution is 0.233. The fraction of sp³-hybridized carbons (Fsp3) is 0.500. The lowest BCUT2D eigenvalue weighted by Crippen LogP contribution is -2.57. The van der Waals surface area contributed by atoms with Crippen molar-refractivity contribution < 1.29 is 8.42 Å². The molecule has 1 saturated heterocycles. The van der Waals surface area contributed by atoms with Crippen molar-refractivity contribution in [3.63, 3.8) is 0 Å². The van der Waals surface area contributed by atoms with Crippen molar-refractivity contribution >= 4 is 45.2 Å². The number of nitrogens with zero attached hydrogens (tertiary/aromatic N) is 3. The molecule has 1 aromatic heterocycles. The number of fused-ring (bicyclic) bond motifs is 1. The molecule has 1 N–H and O–H groups in total. The molecule has 0 radical (unpaired) electrons. The van der Waals surface area contributed by atoms with Gasteiger partial charge in [0.25, 0.3) is 0 Å². The van der Waals surface area contributed by atoms with Crippen LogP contribution < -0.4 is 5.32 Å². The maximum atomic E-state index is 12.9. The number of rotatable bonds is 2. The molecule has 9 heteroatoms. The number of hydrogen-bond donors (Lipinski definition) is 1. The van der Waals surface area contributed by atoms with Crippen LogP contribution in [0.25, 0.3) is 11.0 Å². The summed E-state index contributed by atoms with van der Waals surface area (Å²) in [5, 5.41) is 3.29. The third kappa shape index (κ3) is 2.78. The van der Waals surface area contributed by atoms with Crippen molar-refractivity contribution in [2.24, 2.45) is 0 Å². The molecule has 6 nitrogen and oxygen atoms in total. The highest BCUT2D eigenvalue weighted by Crippen LogP contribution is 2.26. The second-order valence-electron chi connectivity index (χ2n) is 4.99. The number of aromatic nitrogens is 2. The number of halogens is 1. The summed E-state index contributed by atoms with van der Waals surface area (Å²) in [6.07, 6.45) is 0. The zero-order chi connectivity index (χ0) is 14.3. The summed E-state index contributed by atoms with van der Waals surface area (Å²) in [6, 6.07) is 5.15. The molecule has 0 amide bonds. The van der Waals surface area contributed by atoms with Gasteiger partial charge in [0.15, 0.2) is 0 Å². The van der Waals surface area contributed by atoms with Crippen LogP contribution in [-0.4, -0.2) is 46.6 Å². The zero-order valence-corrected chi connectivity index (χ0v) is 14.1. The summed E-state index contributed by atoms with van der Waals surface area (Å²) in [7, 11) is -3.54. The van der Waals surface area contributed by atoms with Gasteiger partial charge in [-0.25, -0.2) is 8.42 Å². The Balaban J connectivity index is 0.00000161. The van der Waals surface area contributed by atoms with Gasteiger partial charge in [-0.05, 0) is 26.0 Å². The Hall–Kier alpha value is -0.800. The van der Waals surface area contributed by atoms with Crippen LogP contribution in [0.4, 0.5) is 0 Å². The van der Waals surface area contributed by atoms with Crippen LogP contribution in [0.3, 0.4) is 0 Å². The molecule has 0 spiro atoms. The van der Waals surface area contributed by atoms with Crippen LogP contribution >= 0.6 is 24.1 Å². The number of hydrogen-bond acceptors (Lipinski definition) is 6. The number of benzene rings is 1. The molecule has 116 valence electrons. The highest BCUT2D eigenvalue weighted by molar-refractivity contribution is 7.89. The molecule has 1 aliphatic heterocycles. The third-order valence-electron chi connectivity index (χ3n) is 3.81. The molecule has 21 heavy (non-hydrogen) atoms. The first kappa shape index (κ1) is 16.6. The van der Waals surface area contributed by atoms with Gasteiger partial charge in [0, 0.05) is 25.2 Å². The fourth-order valence-corrected chi connectivity index (χ4v) is 4.94. The average Bonchev–Trinajstić information content (AvgIpc) is 2.89. The Morgan fingerprint density at radius 1 is 1.33 bits per heavy atom. The predicted molar refractivity (Wildman–Crippen MR) is 85.5 cm³/mol. The van der Waals surface area contributed by atoms with Crippen LogP contribution in [0.2, 0.25) is 0 Å². The smallest absolute Gasteiger partial charge is 0.245 e. The first-order chi connectivity index (χ1) is 9.51. The molecule has 0 bridgehead atoms. The minimum absolute atomic E-state index is 0. The van der Waals surface area contributed by atoms with Gasteiger partial charge < -0.3 is 5.32 Å². The van der Waals surface area contributed by atoms with Crippen molar-refractivity contribution in [1.29, 1.82) is 0 Å². The van der Waals surface area contributed by atoms with E-state index >= 15 is 0 Å². The van der Waals surface area contributed by atoms with E-state index in [1.165, 1.54) is 0 Å². The quantitative estimate of drug-likeness (QED) is 0.889. The first-order valence-corrected chi connectivity index (χ1v) is 8.65. The third-order valence-corrected chi connectivity index (χ3v) is 6.37. The topological polar surface area (TPSA) is 75.2 Å². The highest BCUT2D eigenvalue weighted by atomic mass is 35.5. The molecule has 1 aliphatic rings. The van der Waals surface area contributed by atoms with Crippen LogP contribution in [0.15, 0.2) is 23.1 Å². The highest BCUT2D eigenvalue weighted by Gasteiger charge is 2.35. The number of sulfonamides is 1. The average molecular weight is 349 g/mol. The van der Waals surface area contributed by atoms with Crippen molar-refractivity contribution in [3.8, 4) is 0 Å². The van der Waals surface area contributed by atoms with E-state index in [9.17, 15) is 8.42 Å². The summed E-state index contributed by atoms with van der Waals surface area (Å²) >= 11 is 1.04. The molecule has 0 aliphatic carbocycles.